The topological polar surface area (TPSA) is 30.5 Å². The Balaban J connectivity index is 2.97. The van der Waals surface area contributed by atoms with Crippen LogP contribution >= 0.6 is 12.6 Å². The standard InChI is InChI=1S/C11H17NO2S/c1-8-4-10(13-2)11(14-3)5-9(8)6-12-7-15/h4-5,12,15H,6-7H2,1-3H3. The third kappa shape index (κ3) is 3.04. The molecule has 4 heteroatoms. The molecule has 84 valence electrons. The molecule has 0 saturated carbocycles. The quantitative estimate of drug-likeness (QED) is 0.595. The van der Waals surface area contributed by atoms with Crippen molar-refractivity contribution in [2.24, 2.45) is 0 Å². The van der Waals surface area contributed by atoms with Crippen molar-refractivity contribution in [2.75, 3.05) is 20.1 Å². The molecule has 1 aromatic carbocycles. The van der Waals surface area contributed by atoms with E-state index in [2.05, 4.69) is 24.9 Å². The van der Waals surface area contributed by atoms with E-state index >= 15 is 0 Å². The minimum atomic E-state index is 0.661. The first-order valence-electron chi connectivity index (χ1n) is 4.76. The molecule has 0 aromatic heterocycles. The summed E-state index contributed by atoms with van der Waals surface area (Å²) in [7, 11) is 3.28. The summed E-state index contributed by atoms with van der Waals surface area (Å²) >= 11 is 4.11. The van der Waals surface area contributed by atoms with Crippen molar-refractivity contribution in [3.05, 3.63) is 23.3 Å². The average Bonchev–Trinajstić information content (AvgIpc) is 2.27. The Bertz CT molecular complexity index is 329. The zero-order valence-corrected chi connectivity index (χ0v) is 10.2. The predicted octanol–water partition coefficient (Wildman–Crippen LogP) is 1.99. The highest BCUT2D eigenvalue weighted by Crippen LogP contribution is 2.30. The van der Waals surface area contributed by atoms with E-state index < -0.39 is 0 Å². The molecule has 0 aliphatic heterocycles. The normalized spacial score (nSPS) is 10.1. The SMILES string of the molecule is COc1cc(C)c(CNCS)cc1OC. The van der Waals surface area contributed by atoms with Gasteiger partial charge in [-0.2, -0.15) is 12.6 Å². The second kappa shape index (κ2) is 5.88. The number of ether oxygens (including phenoxy) is 2. The fourth-order valence-electron chi connectivity index (χ4n) is 1.40. The first-order valence-corrected chi connectivity index (χ1v) is 5.39. The van der Waals surface area contributed by atoms with Gasteiger partial charge < -0.3 is 14.8 Å². The molecule has 1 N–H and O–H groups in total. The minimum absolute atomic E-state index is 0.661. The van der Waals surface area contributed by atoms with Crippen LogP contribution in [-0.4, -0.2) is 20.1 Å². The molecular formula is C11H17NO2S. The van der Waals surface area contributed by atoms with Gasteiger partial charge in [0.15, 0.2) is 11.5 Å². The van der Waals surface area contributed by atoms with E-state index in [0.29, 0.717) is 5.88 Å². The van der Waals surface area contributed by atoms with E-state index in [1.165, 1.54) is 11.1 Å². The molecular weight excluding hydrogens is 210 g/mol. The van der Waals surface area contributed by atoms with Crippen LogP contribution in [0.25, 0.3) is 0 Å². The number of nitrogens with one attached hydrogen (secondary N) is 1. The summed E-state index contributed by atoms with van der Waals surface area (Å²) in [6, 6.07) is 3.97. The lowest BCUT2D eigenvalue weighted by Gasteiger charge is -2.12. The van der Waals surface area contributed by atoms with Gasteiger partial charge in [0, 0.05) is 12.4 Å². The smallest absolute Gasteiger partial charge is 0.161 e. The van der Waals surface area contributed by atoms with Crippen molar-refractivity contribution in [1.82, 2.24) is 5.32 Å². The van der Waals surface area contributed by atoms with Crippen LogP contribution in [0.5, 0.6) is 11.5 Å². The number of hydrogen-bond acceptors (Lipinski definition) is 4. The van der Waals surface area contributed by atoms with Crippen molar-refractivity contribution in [2.45, 2.75) is 13.5 Å². The number of methoxy groups -OCH3 is 2. The van der Waals surface area contributed by atoms with Crippen molar-refractivity contribution >= 4 is 12.6 Å². The van der Waals surface area contributed by atoms with Crippen LogP contribution in [0.4, 0.5) is 0 Å². The lowest BCUT2D eigenvalue weighted by molar-refractivity contribution is 0.354. The Morgan fingerprint density at radius 3 is 2.33 bits per heavy atom. The van der Waals surface area contributed by atoms with Crippen LogP contribution in [-0.2, 0) is 6.54 Å². The Morgan fingerprint density at radius 1 is 1.20 bits per heavy atom. The number of hydrogen-bond donors (Lipinski definition) is 2. The third-order valence-electron chi connectivity index (χ3n) is 2.27. The zero-order chi connectivity index (χ0) is 11.3. The summed E-state index contributed by atoms with van der Waals surface area (Å²) < 4.78 is 10.5. The molecule has 0 heterocycles. The average molecular weight is 227 g/mol. The van der Waals surface area contributed by atoms with Crippen molar-refractivity contribution in [3.8, 4) is 11.5 Å². The van der Waals surface area contributed by atoms with Crippen LogP contribution in [0, 0.1) is 6.92 Å². The van der Waals surface area contributed by atoms with Gasteiger partial charge in [0.05, 0.1) is 14.2 Å². The van der Waals surface area contributed by atoms with Crippen LogP contribution < -0.4 is 14.8 Å². The molecule has 0 spiro atoms. The number of thiol groups is 1. The second-order valence-electron chi connectivity index (χ2n) is 3.22. The monoisotopic (exact) mass is 227 g/mol. The zero-order valence-electron chi connectivity index (χ0n) is 9.33. The Labute approximate surface area is 96.2 Å². The van der Waals surface area contributed by atoms with Gasteiger partial charge in [-0.05, 0) is 30.2 Å². The van der Waals surface area contributed by atoms with Gasteiger partial charge in [0.1, 0.15) is 0 Å². The van der Waals surface area contributed by atoms with Gasteiger partial charge in [-0.15, -0.1) is 0 Å². The van der Waals surface area contributed by atoms with E-state index in [1.54, 1.807) is 14.2 Å². The first-order chi connectivity index (χ1) is 7.22. The maximum atomic E-state index is 5.24. The summed E-state index contributed by atoms with van der Waals surface area (Å²) in [5.41, 5.74) is 2.38. The highest BCUT2D eigenvalue weighted by Gasteiger charge is 2.07. The Kier molecular flexibility index (Phi) is 4.78. The Morgan fingerprint density at radius 2 is 1.80 bits per heavy atom. The van der Waals surface area contributed by atoms with E-state index in [1.807, 2.05) is 12.1 Å². The van der Waals surface area contributed by atoms with Gasteiger partial charge in [-0.3, -0.25) is 0 Å². The van der Waals surface area contributed by atoms with Crippen molar-refractivity contribution in [1.29, 1.82) is 0 Å². The summed E-state index contributed by atoms with van der Waals surface area (Å²) in [6.07, 6.45) is 0. The largest absolute Gasteiger partial charge is 0.493 e. The molecule has 0 fully saturated rings. The van der Waals surface area contributed by atoms with Crippen LogP contribution in [0.15, 0.2) is 12.1 Å². The first kappa shape index (κ1) is 12.2. The molecule has 0 radical (unpaired) electrons. The lowest BCUT2D eigenvalue weighted by Crippen LogP contribution is -2.11. The second-order valence-corrected chi connectivity index (χ2v) is 3.53. The van der Waals surface area contributed by atoms with E-state index in [9.17, 15) is 0 Å². The van der Waals surface area contributed by atoms with Gasteiger partial charge in [0.25, 0.3) is 0 Å². The minimum Gasteiger partial charge on any atom is -0.493 e. The lowest BCUT2D eigenvalue weighted by atomic mass is 10.1. The van der Waals surface area contributed by atoms with Crippen molar-refractivity contribution < 1.29 is 9.47 Å². The van der Waals surface area contributed by atoms with E-state index in [-0.39, 0.29) is 0 Å². The summed E-state index contributed by atoms with van der Waals surface area (Å²) in [4.78, 5) is 0. The molecule has 0 aliphatic carbocycles. The third-order valence-corrected chi connectivity index (χ3v) is 2.49. The van der Waals surface area contributed by atoms with Gasteiger partial charge in [-0.25, -0.2) is 0 Å². The number of benzene rings is 1. The molecule has 0 unspecified atom stereocenters. The molecule has 0 amide bonds. The molecule has 0 saturated heterocycles. The molecule has 1 rings (SSSR count). The van der Waals surface area contributed by atoms with E-state index in [0.717, 1.165) is 18.0 Å². The molecule has 0 atom stereocenters. The Hall–Kier alpha value is -0.870. The molecule has 3 nitrogen and oxygen atoms in total. The summed E-state index contributed by atoms with van der Waals surface area (Å²) in [6.45, 7) is 2.84. The molecule has 0 bridgehead atoms. The van der Waals surface area contributed by atoms with Gasteiger partial charge in [0.2, 0.25) is 0 Å². The highest BCUT2D eigenvalue weighted by atomic mass is 32.1. The maximum Gasteiger partial charge on any atom is 0.161 e. The van der Waals surface area contributed by atoms with Crippen molar-refractivity contribution in [3.63, 3.8) is 0 Å². The number of aryl methyl sites for hydroxylation is 1. The molecule has 15 heavy (non-hydrogen) atoms. The fraction of sp³-hybridized carbons (Fsp3) is 0.455. The van der Waals surface area contributed by atoms with Crippen LogP contribution in [0.1, 0.15) is 11.1 Å². The molecule has 0 aliphatic rings. The molecule has 1 aromatic rings. The number of rotatable bonds is 5. The van der Waals surface area contributed by atoms with E-state index in [4.69, 9.17) is 9.47 Å². The van der Waals surface area contributed by atoms with Crippen LogP contribution in [0.2, 0.25) is 0 Å². The maximum absolute atomic E-state index is 5.24. The van der Waals surface area contributed by atoms with Gasteiger partial charge >= 0.3 is 0 Å². The van der Waals surface area contributed by atoms with Crippen LogP contribution in [0.3, 0.4) is 0 Å². The summed E-state index contributed by atoms with van der Waals surface area (Å²) in [5, 5.41) is 3.16. The summed E-state index contributed by atoms with van der Waals surface area (Å²) in [5.74, 6) is 2.19. The highest BCUT2D eigenvalue weighted by molar-refractivity contribution is 7.80. The fourth-order valence-corrected chi connectivity index (χ4v) is 1.52. The van der Waals surface area contributed by atoms with Gasteiger partial charge in [-0.1, -0.05) is 0 Å². The predicted molar refractivity (Wildman–Crippen MR) is 65.0 cm³/mol.